The molecule has 0 amide bonds. The molecule has 5 heteroatoms. The summed E-state index contributed by atoms with van der Waals surface area (Å²) in [5.74, 6) is 0.211. The Balaban J connectivity index is 2.21. The first-order chi connectivity index (χ1) is 8.52. The fourth-order valence-corrected chi connectivity index (χ4v) is 1.91. The summed E-state index contributed by atoms with van der Waals surface area (Å²) < 4.78 is 7.33. The van der Waals surface area contributed by atoms with E-state index in [0.717, 1.165) is 18.7 Å². The molecule has 98 valence electrons. The zero-order valence-electron chi connectivity index (χ0n) is 11.1. The highest BCUT2D eigenvalue weighted by molar-refractivity contribution is 5.75. The minimum absolute atomic E-state index is 0.00543. The highest BCUT2D eigenvalue weighted by Gasteiger charge is 2.20. The van der Waals surface area contributed by atoms with Crippen molar-refractivity contribution >= 4 is 11.0 Å². The van der Waals surface area contributed by atoms with Crippen molar-refractivity contribution in [3.63, 3.8) is 0 Å². The second-order valence-corrected chi connectivity index (χ2v) is 5.22. The summed E-state index contributed by atoms with van der Waals surface area (Å²) in [7, 11) is 0. The van der Waals surface area contributed by atoms with E-state index in [2.05, 4.69) is 24.2 Å². The lowest BCUT2D eigenvalue weighted by molar-refractivity contribution is 0.0594. The molecule has 1 aromatic carbocycles. The topological polar surface area (TPSA) is 60.2 Å². The van der Waals surface area contributed by atoms with Crippen LogP contribution < -0.4 is 0 Å². The summed E-state index contributed by atoms with van der Waals surface area (Å²) in [6.07, 6.45) is 0. The lowest BCUT2D eigenvalue weighted by atomic mass is 9.95. The van der Waals surface area contributed by atoms with Crippen molar-refractivity contribution in [1.82, 2.24) is 15.0 Å². The first kappa shape index (κ1) is 12.8. The Hall–Kier alpha value is -1.62. The predicted octanol–water partition coefficient (Wildman–Crippen LogP) is 2.20. The molecule has 0 saturated carbocycles. The number of aromatic nitrogens is 3. The molecule has 0 radical (unpaired) electrons. The van der Waals surface area contributed by atoms with Crippen LogP contribution in [0.4, 0.5) is 0 Å². The average molecular weight is 249 g/mol. The maximum absolute atomic E-state index is 9.39. The first-order valence-corrected chi connectivity index (χ1v) is 6.12. The fraction of sp³-hybridized carbons (Fsp3) is 0.538. The molecule has 2 rings (SSSR count). The van der Waals surface area contributed by atoms with Crippen LogP contribution in [0.2, 0.25) is 0 Å². The molecule has 0 aliphatic rings. The van der Waals surface area contributed by atoms with Gasteiger partial charge >= 0.3 is 0 Å². The summed E-state index contributed by atoms with van der Waals surface area (Å²) in [4.78, 5) is 0. The second kappa shape index (κ2) is 4.94. The normalized spacial score (nSPS) is 12.2. The molecule has 1 heterocycles. The predicted molar refractivity (Wildman–Crippen MR) is 69.5 cm³/mol. The number of hydrogen-bond donors (Lipinski definition) is 1. The van der Waals surface area contributed by atoms with Gasteiger partial charge in [0.15, 0.2) is 0 Å². The van der Waals surface area contributed by atoms with Gasteiger partial charge in [-0.2, -0.15) is 0 Å². The third-order valence-corrected chi connectivity index (χ3v) is 2.77. The van der Waals surface area contributed by atoms with E-state index >= 15 is 0 Å². The number of phenolic OH excluding ortho intramolecular Hbond substituents is 1. The molecular weight excluding hydrogens is 230 g/mol. The van der Waals surface area contributed by atoms with E-state index in [4.69, 9.17) is 4.74 Å². The fourth-order valence-electron chi connectivity index (χ4n) is 1.91. The van der Waals surface area contributed by atoms with Crippen molar-refractivity contribution < 1.29 is 9.84 Å². The second-order valence-electron chi connectivity index (χ2n) is 5.22. The number of phenols is 1. The van der Waals surface area contributed by atoms with Crippen LogP contribution in [0.15, 0.2) is 18.2 Å². The maximum atomic E-state index is 9.39. The van der Waals surface area contributed by atoms with Crippen LogP contribution in [0, 0.1) is 5.41 Å². The zero-order valence-corrected chi connectivity index (χ0v) is 11.1. The standard InChI is InChI=1S/C13H19N3O2/c1-4-18-9-13(2,3)8-16-12-6-5-10(17)7-11(12)14-15-16/h5-7,17H,4,8-9H2,1-3H3. The van der Waals surface area contributed by atoms with Crippen LogP contribution in [0.1, 0.15) is 20.8 Å². The zero-order chi connectivity index (χ0) is 13.2. The van der Waals surface area contributed by atoms with Crippen molar-refractivity contribution in [3.05, 3.63) is 18.2 Å². The van der Waals surface area contributed by atoms with E-state index < -0.39 is 0 Å². The van der Waals surface area contributed by atoms with Gasteiger partial charge in [-0.25, -0.2) is 4.68 Å². The highest BCUT2D eigenvalue weighted by atomic mass is 16.5. The summed E-state index contributed by atoms with van der Waals surface area (Å²) in [6.45, 7) is 8.39. The molecule has 0 aliphatic heterocycles. The van der Waals surface area contributed by atoms with Gasteiger partial charge in [0.1, 0.15) is 11.3 Å². The van der Waals surface area contributed by atoms with Gasteiger partial charge in [-0.05, 0) is 19.1 Å². The van der Waals surface area contributed by atoms with Gasteiger partial charge in [-0.3, -0.25) is 0 Å². The van der Waals surface area contributed by atoms with E-state index in [-0.39, 0.29) is 11.2 Å². The number of benzene rings is 1. The SMILES string of the molecule is CCOCC(C)(C)Cn1nnc2cc(O)ccc21. The molecular formula is C13H19N3O2. The molecule has 0 atom stereocenters. The van der Waals surface area contributed by atoms with Gasteiger partial charge in [0, 0.05) is 18.1 Å². The van der Waals surface area contributed by atoms with Crippen LogP contribution >= 0.6 is 0 Å². The Bertz CT molecular complexity index is 534. The Morgan fingerprint density at radius 2 is 2.17 bits per heavy atom. The number of ether oxygens (including phenoxy) is 1. The van der Waals surface area contributed by atoms with Crippen molar-refractivity contribution in [1.29, 1.82) is 0 Å². The van der Waals surface area contributed by atoms with E-state index in [1.165, 1.54) is 0 Å². The lowest BCUT2D eigenvalue weighted by Gasteiger charge is -2.23. The van der Waals surface area contributed by atoms with E-state index in [1.54, 1.807) is 12.1 Å². The van der Waals surface area contributed by atoms with E-state index in [9.17, 15) is 5.11 Å². The number of hydrogen-bond acceptors (Lipinski definition) is 4. The molecule has 0 spiro atoms. The van der Waals surface area contributed by atoms with Crippen LogP contribution in [-0.4, -0.2) is 33.3 Å². The number of rotatable bonds is 5. The third kappa shape index (κ3) is 2.79. The highest BCUT2D eigenvalue weighted by Crippen LogP contribution is 2.22. The summed E-state index contributed by atoms with van der Waals surface area (Å²) in [6, 6.07) is 5.10. The molecule has 0 saturated heterocycles. The molecule has 18 heavy (non-hydrogen) atoms. The van der Waals surface area contributed by atoms with E-state index in [1.807, 2.05) is 17.7 Å². The van der Waals surface area contributed by atoms with Gasteiger partial charge in [0.05, 0.1) is 18.7 Å². The smallest absolute Gasteiger partial charge is 0.117 e. The Labute approximate surface area is 106 Å². The van der Waals surface area contributed by atoms with Crippen LogP contribution in [0.3, 0.4) is 0 Å². The molecule has 2 aromatic rings. The van der Waals surface area contributed by atoms with Crippen LogP contribution in [-0.2, 0) is 11.3 Å². The lowest BCUT2D eigenvalue weighted by Crippen LogP contribution is -2.26. The number of aromatic hydroxyl groups is 1. The number of fused-ring (bicyclic) bond motifs is 1. The van der Waals surface area contributed by atoms with Crippen molar-refractivity contribution in [2.24, 2.45) is 5.41 Å². The molecule has 0 bridgehead atoms. The van der Waals surface area contributed by atoms with E-state index in [0.29, 0.717) is 12.1 Å². The molecule has 1 N–H and O–H groups in total. The van der Waals surface area contributed by atoms with Gasteiger partial charge in [0.2, 0.25) is 0 Å². The largest absolute Gasteiger partial charge is 0.508 e. The Morgan fingerprint density at radius 1 is 1.39 bits per heavy atom. The van der Waals surface area contributed by atoms with Crippen LogP contribution in [0.5, 0.6) is 5.75 Å². The van der Waals surface area contributed by atoms with Gasteiger partial charge in [-0.1, -0.05) is 19.1 Å². The van der Waals surface area contributed by atoms with Crippen molar-refractivity contribution in [2.45, 2.75) is 27.3 Å². The maximum Gasteiger partial charge on any atom is 0.117 e. The molecule has 5 nitrogen and oxygen atoms in total. The van der Waals surface area contributed by atoms with Gasteiger partial charge in [-0.15, -0.1) is 5.10 Å². The third-order valence-electron chi connectivity index (χ3n) is 2.77. The molecule has 0 aliphatic carbocycles. The van der Waals surface area contributed by atoms with Gasteiger partial charge < -0.3 is 9.84 Å². The summed E-state index contributed by atoms with van der Waals surface area (Å²) in [5, 5.41) is 17.6. The quantitative estimate of drug-likeness (QED) is 0.882. The summed E-state index contributed by atoms with van der Waals surface area (Å²) in [5.41, 5.74) is 1.63. The molecule has 1 aromatic heterocycles. The minimum Gasteiger partial charge on any atom is -0.508 e. The van der Waals surface area contributed by atoms with Gasteiger partial charge in [0.25, 0.3) is 0 Å². The number of nitrogens with zero attached hydrogens (tertiary/aromatic N) is 3. The van der Waals surface area contributed by atoms with Crippen molar-refractivity contribution in [2.75, 3.05) is 13.2 Å². The monoisotopic (exact) mass is 249 g/mol. The minimum atomic E-state index is -0.00543. The summed E-state index contributed by atoms with van der Waals surface area (Å²) >= 11 is 0. The molecule has 0 unspecified atom stereocenters. The Morgan fingerprint density at radius 3 is 2.89 bits per heavy atom. The average Bonchev–Trinajstić information content (AvgIpc) is 2.68. The Kier molecular flexibility index (Phi) is 3.52. The van der Waals surface area contributed by atoms with Crippen LogP contribution in [0.25, 0.3) is 11.0 Å². The molecule has 0 fully saturated rings. The first-order valence-electron chi connectivity index (χ1n) is 6.12. The van der Waals surface area contributed by atoms with Crippen molar-refractivity contribution in [3.8, 4) is 5.75 Å².